The number of benzene rings is 2. The van der Waals surface area contributed by atoms with Crippen LogP contribution in [0.25, 0.3) is 0 Å². The van der Waals surface area contributed by atoms with Gasteiger partial charge in [0.2, 0.25) is 15.9 Å². The molecule has 3 aromatic rings. The maximum Gasteiger partial charge on any atom is 0.257 e. The lowest BCUT2D eigenvalue weighted by Crippen LogP contribution is -2.30. The lowest BCUT2D eigenvalue weighted by molar-refractivity contribution is 0.102. The molecule has 1 N–H and O–H groups in total. The average Bonchev–Trinajstić information content (AvgIpc) is 2.75. The van der Waals surface area contributed by atoms with Crippen LogP contribution in [0.15, 0.2) is 66.0 Å². The van der Waals surface area contributed by atoms with Crippen LogP contribution in [0.5, 0.6) is 11.6 Å². The van der Waals surface area contributed by atoms with Crippen molar-refractivity contribution < 1.29 is 17.9 Å². The highest BCUT2D eigenvalue weighted by atomic mass is 35.5. The molecule has 1 amide bonds. The fourth-order valence-corrected chi connectivity index (χ4v) is 4.53. The molecule has 8 nitrogen and oxygen atoms in total. The molecule has 0 aliphatic carbocycles. The number of amides is 1. The Labute approximate surface area is 185 Å². The molecule has 0 aliphatic heterocycles. The summed E-state index contributed by atoms with van der Waals surface area (Å²) in [7, 11) is -3.73. The quantitative estimate of drug-likeness (QED) is 0.540. The molecule has 0 bridgehead atoms. The smallest absolute Gasteiger partial charge is 0.257 e. The van der Waals surface area contributed by atoms with Crippen LogP contribution in [-0.2, 0) is 10.0 Å². The molecule has 0 saturated heterocycles. The monoisotopic (exact) mass is 460 g/mol. The minimum absolute atomic E-state index is 0.00508. The SMILES string of the molecule is CCN(CC)S(=O)(=O)c1ccc(Cl)c(C(=O)Nc2cccc(Oc3cnccn3)c2)c1. The second kappa shape index (κ2) is 9.86. The Hall–Kier alpha value is -3.01. The van der Waals surface area contributed by atoms with Gasteiger partial charge < -0.3 is 10.1 Å². The van der Waals surface area contributed by atoms with Crippen LogP contribution in [0, 0.1) is 0 Å². The topological polar surface area (TPSA) is 101 Å². The Kier molecular flexibility index (Phi) is 7.21. The lowest BCUT2D eigenvalue weighted by Gasteiger charge is -2.19. The number of nitrogens with one attached hydrogen (secondary N) is 1. The van der Waals surface area contributed by atoms with Crippen molar-refractivity contribution in [1.82, 2.24) is 14.3 Å². The Morgan fingerprint density at radius 1 is 1.13 bits per heavy atom. The van der Waals surface area contributed by atoms with Gasteiger partial charge in [-0.05, 0) is 30.3 Å². The fourth-order valence-electron chi connectivity index (χ4n) is 2.85. The minimum Gasteiger partial charge on any atom is -0.437 e. The summed E-state index contributed by atoms with van der Waals surface area (Å²) in [6, 6.07) is 10.8. The molecule has 0 spiro atoms. The van der Waals surface area contributed by atoms with Crippen LogP contribution in [0.1, 0.15) is 24.2 Å². The summed E-state index contributed by atoms with van der Waals surface area (Å²) in [6.07, 6.45) is 4.50. The number of carbonyl (C=O) groups is 1. The first-order valence-corrected chi connectivity index (χ1v) is 11.3. The normalized spacial score (nSPS) is 11.4. The van der Waals surface area contributed by atoms with Crippen molar-refractivity contribution in [1.29, 1.82) is 0 Å². The number of halogens is 1. The van der Waals surface area contributed by atoms with Crippen LogP contribution < -0.4 is 10.1 Å². The molecule has 2 aromatic carbocycles. The Morgan fingerprint density at radius 3 is 2.58 bits per heavy atom. The van der Waals surface area contributed by atoms with E-state index in [9.17, 15) is 13.2 Å². The first kappa shape index (κ1) is 22.7. The molecule has 3 rings (SSSR count). The van der Waals surface area contributed by atoms with E-state index in [0.717, 1.165) is 0 Å². The number of sulfonamides is 1. The summed E-state index contributed by atoms with van der Waals surface area (Å²) in [5, 5.41) is 2.85. The van der Waals surface area contributed by atoms with Gasteiger partial charge in [-0.2, -0.15) is 4.31 Å². The summed E-state index contributed by atoms with van der Waals surface area (Å²) >= 11 is 6.18. The first-order valence-electron chi connectivity index (χ1n) is 9.50. The number of rotatable bonds is 8. The molecule has 162 valence electrons. The van der Waals surface area contributed by atoms with Gasteiger partial charge in [0.25, 0.3) is 5.91 Å². The van der Waals surface area contributed by atoms with Gasteiger partial charge in [-0.15, -0.1) is 0 Å². The zero-order valence-electron chi connectivity index (χ0n) is 16.9. The summed E-state index contributed by atoms with van der Waals surface area (Å²) in [5.74, 6) is 0.212. The van der Waals surface area contributed by atoms with Crippen molar-refractivity contribution in [3.05, 3.63) is 71.6 Å². The Balaban J connectivity index is 1.83. The van der Waals surface area contributed by atoms with Gasteiger partial charge in [0.15, 0.2) is 0 Å². The predicted molar refractivity (Wildman–Crippen MR) is 118 cm³/mol. The van der Waals surface area contributed by atoms with E-state index in [1.165, 1.54) is 41.1 Å². The predicted octanol–water partition coefficient (Wildman–Crippen LogP) is 4.21. The number of carbonyl (C=O) groups excluding carboxylic acids is 1. The highest BCUT2D eigenvalue weighted by Crippen LogP contribution is 2.26. The third-order valence-electron chi connectivity index (χ3n) is 4.38. The number of nitrogens with zero attached hydrogens (tertiary/aromatic N) is 3. The van der Waals surface area contributed by atoms with E-state index in [0.29, 0.717) is 30.4 Å². The van der Waals surface area contributed by atoms with Crippen molar-refractivity contribution in [2.75, 3.05) is 18.4 Å². The Bertz CT molecular complexity index is 1170. The summed E-state index contributed by atoms with van der Waals surface area (Å²) in [6.45, 7) is 4.14. The molecule has 0 fully saturated rings. The number of ether oxygens (including phenoxy) is 1. The van der Waals surface area contributed by atoms with Crippen LogP contribution in [-0.4, -0.2) is 41.7 Å². The average molecular weight is 461 g/mol. The number of aromatic nitrogens is 2. The third-order valence-corrected chi connectivity index (χ3v) is 6.75. The molecule has 0 atom stereocenters. The molecule has 0 aliphatic rings. The van der Waals surface area contributed by atoms with Gasteiger partial charge in [-0.3, -0.25) is 9.78 Å². The van der Waals surface area contributed by atoms with E-state index in [-0.39, 0.29) is 15.5 Å². The highest BCUT2D eigenvalue weighted by Gasteiger charge is 2.24. The van der Waals surface area contributed by atoms with Gasteiger partial charge in [-0.25, -0.2) is 13.4 Å². The fraction of sp³-hybridized carbons (Fsp3) is 0.190. The molecule has 0 radical (unpaired) electrons. The summed E-state index contributed by atoms with van der Waals surface area (Å²) in [4.78, 5) is 20.8. The lowest BCUT2D eigenvalue weighted by atomic mass is 10.2. The van der Waals surface area contributed by atoms with Crippen molar-refractivity contribution in [3.63, 3.8) is 0 Å². The van der Waals surface area contributed by atoms with Crippen LogP contribution >= 0.6 is 11.6 Å². The van der Waals surface area contributed by atoms with Gasteiger partial charge in [0.1, 0.15) is 5.75 Å². The van der Waals surface area contributed by atoms with Crippen molar-refractivity contribution in [3.8, 4) is 11.6 Å². The summed E-state index contributed by atoms with van der Waals surface area (Å²) < 4.78 is 32.5. The number of hydrogen-bond acceptors (Lipinski definition) is 6. The second-order valence-electron chi connectivity index (χ2n) is 6.36. The minimum atomic E-state index is -3.73. The van der Waals surface area contributed by atoms with E-state index in [4.69, 9.17) is 16.3 Å². The molecule has 1 heterocycles. The number of hydrogen-bond donors (Lipinski definition) is 1. The molecule has 0 unspecified atom stereocenters. The molecular weight excluding hydrogens is 440 g/mol. The van der Waals surface area contributed by atoms with Crippen molar-refractivity contribution in [2.24, 2.45) is 0 Å². The molecule has 31 heavy (non-hydrogen) atoms. The van der Waals surface area contributed by atoms with E-state index < -0.39 is 15.9 Å². The number of anilines is 1. The van der Waals surface area contributed by atoms with E-state index in [1.807, 2.05) is 0 Å². The maximum absolute atomic E-state index is 12.8. The van der Waals surface area contributed by atoms with Crippen molar-refractivity contribution in [2.45, 2.75) is 18.7 Å². The van der Waals surface area contributed by atoms with Crippen molar-refractivity contribution >= 4 is 33.2 Å². The maximum atomic E-state index is 12.8. The molecular formula is C21H21ClN4O4S. The highest BCUT2D eigenvalue weighted by molar-refractivity contribution is 7.89. The second-order valence-corrected chi connectivity index (χ2v) is 8.70. The first-order chi connectivity index (χ1) is 14.8. The van der Waals surface area contributed by atoms with E-state index in [2.05, 4.69) is 15.3 Å². The molecule has 10 heteroatoms. The van der Waals surface area contributed by atoms with E-state index in [1.54, 1.807) is 38.1 Å². The van der Waals surface area contributed by atoms with Gasteiger partial charge in [0, 0.05) is 37.2 Å². The zero-order valence-corrected chi connectivity index (χ0v) is 18.5. The Morgan fingerprint density at radius 2 is 1.90 bits per heavy atom. The van der Waals surface area contributed by atoms with Gasteiger partial charge in [0.05, 0.1) is 21.7 Å². The van der Waals surface area contributed by atoms with Crippen LogP contribution in [0.4, 0.5) is 5.69 Å². The van der Waals surface area contributed by atoms with Gasteiger partial charge in [-0.1, -0.05) is 31.5 Å². The molecule has 0 saturated carbocycles. The largest absolute Gasteiger partial charge is 0.437 e. The van der Waals surface area contributed by atoms with Gasteiger partial charge >= 0.3 is 0 Å². The zero-order chi connectivity index (χ0) is 22.4. The summed E-state index contributed by atoms with van der Waals surface area (Å²) in [5.41, 5.74) is 0.495. The van der Waals surface area contributed by atoms with Crippen LogP contribution in [0.3, 0.4) is 0 Å². The molecule has 1 aromatic heterocycles. The standard InChI is InChI=1S/C21H21ClN4O4S/c1-3-26(4-2)31(28,29)17-8-9-19(22)18(13-17)21(27)25-15-6-5-7-16(12-15)30-20-14-23-10-11-24-20/h5-14H,3-4H2,1-2H3,(H,25,27). The van der Waals surface area contributed by atoms with E-state index >= 15 is 0 Å². The van der Waals surface area contributed by atoms with Crippen LogP contribution in [0.2, 0.25) is 5.02 Å². The third kappa shape index (κ3) is 5.38.